The zero-order chi connectivity index (χ0) is 15.6. The lowest BCUT2D eigenvalue weighted by molar-refractivity contribution is 0.335. The van der Waals surface area contributed by atoms with Crippen LogP contribution in [0.1, 0.15) is 44.1 Å². The van der Waals surface area contributed by atoms with Gasteiger partial charge in [-0.25, -0.2) is 8.42 Å². The predicted octanol–water partition coefficient (Wildman–Crippen LogP) is 3.57. The molecule has 2 N–H and O–H groups in total. The molecule has 118 valence electrons. The van der Waals surface area contributed by atoms with E-state index in [1.54, 1.807) is 20.0 Å². The first kappa shape index (κ1) is 16.6. The molecular formula is C15H23ClN2O2S. The smallest absolute Gasteiger partial charge is 0.243 e. The highest BCUT2D eigenvalue weighted by molar-refractivity contribution is 7.89. The second kappa shape index (κ2) is 6.55. The third-order valence-electron chi connectivity index (χ3n) is 4.36. The Morgan fingerprint density at radius 3 is 2.33 bits per heavy atom. The molecule has 0 atom stereocenters. The van der Waals surface area contributed by atoms with Crippen LogP contribution >= 0.6 is 11.6 Å². The molecule has 1 aromatic rings. The lowest BCUT2D eigenvalue weighted by Crippen LogP contribution is -2.37. The molecule has 1 fully saturated rings. The molecule has 21 heavy (non-hydrogen) atoms. The summed E-state index contributed by atoms with van der Waals surface area (Å²) in [6, 6.07) is 3.15. The second-order valence-corrected chi connectivity index (χ2v) is 8.19. The maximum Gasteiger partial charge on any atom is 0.243 e. The summed E-state index contributed by atoms with van der Waals surface area (Å²) >= 11 is 5.98. The second-order valence-electron chi connectivity index (χ2n) is 5.78. The molecule has 4 nitrogen and oxygen atoms in total. The van der Waals surface area contributed by atoms with Gasteiger partial charge in [-0.2, -0.15) is 4.31 Å². The first-order valence-electron chi connectivity index (χ1n) is 7.37. The van der Waals surface area contributed by atoms with E-state index in [1.807, 2.05) is 0 Å². The highest BCUT2D eigenvalue weighted by Crippen LogP contribution is 2.31. The molecule has 0 spiro atoms. The zero-order valence-corrected chi connectivity index (χ0v) is 14.2. The number of hydrogen-bond donors (Lipinski definition) is 1. The van der Waals surface area contributed by atoms with E-state index in [0.717, 1.165) is 25.7 Å². The zero-order valence-electron chi connectivity index (χ0n) is 12.6. The Morgan fingerprint density at radius 1 is 1.19 bits per heavy atom. The minimum Gasteiger partial charge on any atom is -0.398 e. The summed E-state index contributed by atoms with van der Waals surface area (Å²) in [5.41, 5.74) is 6.84. The number of benzene rings is 1. The van der Waals surface area contributed by atoms with Crippen molar-refractivity contribution >= 4 is 27.3 Å². The van der Waals surface area contributed by atoms with E-state index in [4.69, 9.17) is 17.3 Å². The molecule has 1 aliphatic carbocycles. The van der Waals surface area contributed by atoms with Gasteiger partial charge in [-0.1, -0.05) is 37.3 Å². The van der Waals surface area contributed by atoms with Crippen molar-refractivity contribution in [3.8, 4) is 0 Å². The summed E-state index contributed by atoms with van der Waals surface area (Å²) in [4.78, 5) is 0.222. The molecule has 0 bridgehead atoms. The van der Waals surface area contributed by atoms with Crippen LogP contribution in [0.15, 0.2) is 17.0 Å². The number of nitrogen functional groups attached to an aromatic ring is 1. The summed E-state index contributed by atoms with van der Waals surface area (Å²) in [7, 11) is -1.89. The van der Waals surface area contributed by atoms with Crippen LogP contribution in [0.25, 0.3) is 0 Å². The fourth-order valence-electron chi connectivity index (χ4n) is 2.91. The van der Waals surface area contributed by atoms with Crippen molar-refractivity contribution in [2.45, 2.75) is 56.4 Å². The van der Waals surface area contributed by atoms with E-state index < -0.39 is 10.0 Å². The fraction of sp³-hybridized carbons (Fsp3) is 0.600. The van der Waals surface area contributed by atoms with Crippen LogP contribution in [0, 0.1) is 6.92 Å². The summed E-state index contributed by atoms with van der Waals surface area (Å²) in [6.07, 6.45) is 6.39. The van der Waals surface area contributed by atoms with E-state index in [0.29, 0.717) is 16.3 Å². The third kappa shape index (κ3) is 3.52. The molecule has 0 aliphatic heterocycles. The SMILES string of the molecule is Cc1c(N)cc(Cl)cc1S(=O)(=O)N(C)C1CCCCCC1. The Labute approximate surface area is 132 Å². The quantitative estimate of drug-likeness (QED) is 0.680. The lowest BCUT2D eigenvalue weighted by atomic mass is 10.1. The number of halogens is 1. The van der Waals surface area contributed by atoms with Crippen LogP contribution < -0.4 is 5.73 Å². The van der Waals surface area contributed by atoms with Crippen LogP contribution in [0.4, 0.5) is 5.69 Å². The molecule has 2 rings (SSSR count). The van der Waals surface area contributed by atoms with Gasteiger partial charge in [0, 0.05) is 23.8 Å². The highest BCUT2D eigenvalue weighted by atomic mass is 35.5. The van der Waals surface area contributed by atoms with E-state index in [1.165, 1.54) is 23.2 Å². The number of nitrogens with zero attached hydrogens (tertiary/aromatic N) is 1. The lowest BCUT2D eigenvalue weighted by Gasteiger charge is -2.27. The fourth-order valence-corrected chi connectivity index (χ4v) is 4.90. The van der Waals surface area contributed by atoms with Crippen molar-refractivity contribution in [3.05, 3.63) is 22.7 Å². The summed E-state index contributed by atoms with van der Waals surface area (Å²) < 4.78 is 27.3. The van der Waals surface area contributed by atoms with Gasteiger partial charge >= 0.3 is 0 Å². The number of anilines is 1. The Hall–Kier alpha value is -0.780. The third-order valence-corrected chi connectivity index (χ3v) is 6.62. The van der Waals surface area contributed by atoms with Gasteiger partial charge in [0.1, 0.15) is 0 Å². The van der Waals surface area contributed by atoms with Crippen molar-refractivity contribution < 1.29 is 8.42 Å². The molecular weight excluding hydrogens is 308 g/mol. The molecule has 1 saturated carbocycles. The highest BCUT2D eigenvalue weighted by Gasteiger charge is 2.30. The first-order chi connectivity index (χ1) is 9.84. The first-order valence-corrected chi connectivity index (χ1v) is 9.19. The van der Waals surface area contributed by atoms with Crippen molar-refractivity contribution in [1.29, 1.82) is 0 Å². The van der Waals surface area contributed by atoms with Crippen molar-refractivity contribution in [2.75, 3.05) is 12.8 Å². The van der Waals surface area contributed by atoms with E-state index in [9.17, 15) is 8.42 Å². The van der Waals surface area contributed by atoms with Crippen molar-refractivity contribution in [3.63, 3.8) is 0 Å². The molecule has 0 amide bonds. The average Bonchev–Trinajstić information content (AvgIpc) is 2.70. The largest absolute Gasteiger partial charge is 0.398 e. The van der Waals surface area contributed by atoms with Gasteiger partial charge in [0.15, 0.2) is 0 Å². The Kier molecular flexibility index (Phi) is 5.17. The van der Waals surface area contributed by atoms with Crippen molar-refractivity contribution in [1.82, 2.24) is 4.31 Å². The van der Waals surface area contributed by atoms with Gasteiger partial charge < -0.3 is 5.73 Å². The number of hydrogen-bond acceptors (Lipinski definition) is 3. The van der Waals surface area contributed by atoms with Gasteiger partial charge in [0.25, 0.3) is 0 Å². The Balaban J connectivity index is 2.37. The molecule has 0 aromatic heterocycles. The van der Waals surface area contributed by atoms with Crippen LogP contribution in [-0.2, 0) is 10.0 Å². The van der Waals surface area contributed by atoms with Crippen LogP contribution in [0.2, 0.25) is 5.02 Å². The normalized spacial score (nSPS) is 17.9. The van der Waals surface area contributed by atoms with Crippen LogP contribution in [0.5, 0.6) is 0 Å². The van der Waals surface area contributed by atoms with E-state index in [-0.39, 0.29) is 10.9 Å². The number of sulfonamides is 1. The minimum absolute atomic E-state index is 0.0668. The van der Waals surface area contributed by atoms with Gasteiger partial charge in [0.2, 0.25) is 10.0 Å². The van der Waals surface area contributed by atoms with Crippen LogP contribution in [-0.4, -0.2) is 25.8 Å². The number of rotatable bonds is 3. The molecule has 1 aromatic carbocycles. The maximum absolute atomic E-state index is 12.9. The van der Waals surface area contributed by atoms with Gasteiger partial charge in [0.05, 0.1) is 4.90 Å². The van der Waals surface area contributed by atoms with Gasteiger partial charge in [-0.05, 0) is 37.5 Å². The average molecular weight is 331 g/mol. The number of nitrogens with two attached hydrogens (primary N) is 1. The minimum atomic E-state index is -3.56. The van der Waals surface area contributed by atoms with E-state index in [2.05, 4.69) is 0 Å². The summed E-state index contributed by atoms with van der Waals surface area (Å²) in [5, 5.41) is 0.353. The predicted molar refractivity (Wildman–Crippen MR) is 87.0 cm³/mol. The maximum atomic E-state index is 12.9. The van der Waals surface area contributed by atoms with Crippen LogP contribution in [0.3, 0.4) is 0 Å². The Bertz CT molecular complexity index is 608. The topological polar surface area (TPSA) is 63.4 Å². The molecule has 0 saturated heterocycles. The van der Waals surface area contributed by atoms with Gasteiger partial charge in [-0.15, -0.1) is 0 Å². The summed E-state index contributed by atoms with van der Waals surface area (Å²) in [5.74, 6) is 0. The monoisotopic (exact) mass is 330 g/mol. The van der Waals surface area contributed by atoms with Crippen molar-refractivity contribution in [2.24, 2.45) is 0 Å². The molecule has 0 heterocycles. The van der Waals surface area contributed by atoms with E-state index >= 15 is 0 Å². The van der Waals surface area contributed by atoms with Gasteiger partial charge in [-0.3, -0.25) is 0 Å². The standard InChI is InChI=1S/C15H23ClN2O2S/c1-11-14(17)9-12(16)10-15(11)21(19,20)18(2)13-7-5-3-4-6-8-13/h9-10,13H,3-8,17H2,1-2H3. The molecule has 1 aliphatic rings. The Morgan fingerprint density at radius 2 is 1.76 bits per heavy atom. The molecule has 0 unspecified atom stereocenters. The molecule has 0 radical (unpaired) electrons. The molecule has 6 heteroatoms. The summed E-state index contributed by atoms with van der Waals surface area (Å²) in [6.45, 7) is 1.72.